The van der Waals surface area contributed by atoms with E-state index in [1.54, 1.807) is 17.1 Å². The number of aromatic nitrogens is 1. The number of benzene rings is 4. The summed E-state index contributed by atoms with van der Waals surface area (Å²) in [5.74, 6) is -0.138. The highest BCUT2D eigenvalue weighted by Crippen LogP contribution is 2.36. The molecule has 1 amide bonds. The van der Waals surface area contributed by atoms with Crippen molar-refractivity contribution in [1.29, 1.82) is 0 Å². The molecule has 1 aliphatic heterocycles. The number of amides is 1. The molecule has 4 aromatic carbocycles. The van der Waals surface area contributed by atoms with Gasteiger partial charge < -0.3 is 4.57 Å². The minimum atomic E-state index is -0.300. The third-order valence-corrected chi connectivity index (χ3v) is 8.69. The number of hydrazone groups is 1. The van der Waals surface area contributed by atoms with Crippen LogP contribution in [0.3, 0.4) is 0 Å². The molecule has 40 heavy (non-hydrogen) atoms. The first-order valence-corrected chi connectivity index (χ1v) is 14.9. The highest BCUT2D eigenvalue weighted by molar-refractivity contribution is 9.10. The number of aryl methyl sites for hydroxylation is 1. The molecule has 0 bridgehead atoms. The van der Waals surface area contributed by atoms with Crippen LogP contribution >= 0.6 is 27.7 Å². The van der Waals surface area contributed by atoms with Gasteiger partial charge in [0.1, 0.15) is 5.82 Å². The van der Waals surface area contributed by atoms with E-state index in [9.17, 15) is 9.18 Å². The van der Waals surface area contributed by atoms with Crippen LogP contribution < -0.4 is 0 Å². The molecule has 5 aromatic rings. The van der Waals surface area contributed by atoms with E-state index in [1.807, 2.05) is 36.4 Å². The molecular formula is C33H27BrFN3OS. The first kappa shape index (κ1) is 26.5. The highest BCUT2D eigenvalue weighted by Gasteiger charge is 2.33. The molecule has 2 heterocycles. The fourth-order valence-electron chi connectivity index (χ4n) is 5.17. The fraction of sp³-hybridized carbons (Fsp3) is 0.152. The summed E-state index contributed by atoms with van der Waals surface area (Å²) in [4.78, 5) is 14.7. The van der Waals surface area contributed by atoms with Gasteiger partial charge in [-0.25, -0.2) is 9.40 Å². The SMILES string of the molecule is Cc1cccc(Cn2cc(SCC(=O)N3N=C(c4ccc(Br)cc4)CC3c3ccc(F)cc3)c3ccccc32)c1. The first-order valence-electron chi connectivity index (χ1n) is 13.1. The number of nitrogens with zero attached hydrogens (tertiary/aromatic N) is 3. The molecule has 0 fully saturated rings. The molecule has 0 aliphatic carbocycles. The topological polar surface area (TPSA) is 37.6 Å². The van der Waals surface area contributed by atoms with Gasteiger partial charge in [-0.05, 0) is 53.9 Å². The molecule has 1 aliphatic rings. The summed E-state index contributed by atoms with van der Waals surface area (Å²) in [6, 6.07) is 30.9. The Morgan fingerprint density at radius 1 is 1.00 bits per heavy atom. The average Bonchev–Trinajstić information content (AvgIpc) is 3.55. The lowest BCUT2D eigenvalue weighted by atomic mass is 9.98. The van der Waals surface area contributed by atoms with Gasteiger partial charge >= 0.3 is 0 Å². The maximum Gasteiger partial charge on any atom is 0.253 e. The van der Waals surface area contributed by atoms with Gasteiger partial charge in [0, 0.05) is 39.4 Å². The van der Waals surface area contributed by atoms with Crippen LogP contribution in [0.1, 0.15) is 34.7 Å². The Hall–Kier alpha value is -3.68. The Labute approximate surface area is 245 Å². The van der Waals surface area contributed by atoms with Crippen molar-refractivity contribution in [3.8, 4) is 0 Å². The Bertz CT molecular complexity index is 1710. The van der Waals surface area contributed by atoms with Gasteiger partial charge in [-0.2, -0.15) is 5.10 Å². The van der Waals surface area contributed by atoms with Gasteiger partial charge in [0.2, 0.25) is 0 Å². The molecule has 6 rings (SSSR count). The maximum absolute atomic E-state index is 13.7. The number of thioether (sulfide) groups is 1. The molecule has 0 N–H and O–H groups in total. The van der Waals surface area contributed by atoms with Gasteiger partial charge in [0.15, 0.2) is 0 Å². The molecule has 1 unspecified atom stereocenters. The van der Waals surface area contributed by atoms with E-state index < -0.39 is 0 Å². The van der Waals surface area contributed by atoms with E-state index in [1.165, 1.54) is 35.0 Å². The summed E-state index contributed by atoms with van der Waals surface area (Å²) >= 11 is 5.01. The van der Waals surface area contributed by atoms with Gasteiger partial charge in [0.25, 0.3) is 5.91 Å². The number of fused-ring (bicyclic) bond motifs is 1. The van der Waals surface area contributed by atoms with Gasteiger partial charge in [-0.15, -0.1) is 11.8 Å². The van der Waals surface area contributed by atoms with Crippen LogP contribution in [0.25, 0.3) is 10.9 Å². The van der Waals surface area contributed by atoms with Crippen LogP contribution in [0.5, 0.6) is 0 Å². The van der Waals surface area contributed by atoms with E-state index in [2.05, 4.69) is 70.0 Å². The van der Waals surface area contributed by atoms with Crippen LogP contribution in [0.2, 0.25) is 0 Å². The van der Waals surface area contributed by atoms with Crippen molar-refractivity contribution in [3.63, 3.8) is 0 Å². The minimum absolute atomic E-state index is 0.0815. The number of hydrogen-bond acceptors (Lipinski definition) is 3. The Balaban J connectivity index is 1.26. The molecule has 0 saturated carbocycles. The monoisotopic (exact) mass is 611 g/mol. The van der Waals surface area contributed by atoms with Gasteiger partial charge in [-0.3, -0.25) is 4.79 Å². The zero-order chi connectivity index (χ0) is 27.6. The third kappa shape index (κ3) is 5.62. The van der Waals surface area contributed by atoms with E-state index in [-0.39, 0.29) is 23.5 Å². The lowest BCUT2D eigenvalue weighted by Gasteiger charge is -2.22. The molecule has 4 nitrogen and oxygen atoms in total. The lowest BCUT2D eigenvalue weighted by Crippen LogP contribution is -2.28. The van der Waals surface area contributed by atoms with Gasteiger partial charge in [-0.1, -0.05) is 88.2 Å². The summed E-state index contributed by atoms with van der Waals surface area (Å²) in [5.41, 5.74) is 6.29. The van der Waals surface area contributed by atoms with Crippen molar-refractivity contribution < 1.29 is 9.18 Å². The molecule has 0 spiro atoms. The Kier molecular flexibility index (Phi) is 7.59. The number of carbonyl (C=O) groups is 1. The quantitative estimate of drug-likeness (QED) is 0.173. The van der Waals surface area contributed by atoms with Gasteiger partial charge in [0.05, 0.1) is 17.5 Å². The van der Waals surface area contributed by atoms with Crippen LogP contribution in [0.15, 0.2) is 118 Å². The minimum Gasteiger partial charge on any atom is -0.342 e. The lowest BCUT2D eigenvalue weighted by molar-refractivity contribution is -0.130. The van der Waals surface area contributed by atoms with E-state index in [4.69, 9.17) is 5.10 Å². The van der Waals surface area contributed by atoms with E-state index >= 15 is 0 Å². The van der Waals surface area contributed by atoms with E-state index in [0.717, 1.165) is 43.7 Å². The van der Waals surface area contributed by atoms with Crippen molar-refractivity contribution >= 4 is 50.2 Å². The smallest absolute Gasteiger partial charge is 0.253 e. The normalized spacial score (nSPS) is 15.0. The number of halogens is 2. The van der Waals surface area contributed by atoms with Crippen molar-refractivity contribution in [3.05, 3.63) is 136 Å². The van der Waals surface area contributed by atoms with Crippen LogP contribution in [0, 0.1) is 12.7 Å². The number of carbonyl (C=O) groups excluding carboxylic acids is 1. The molecule has 1 aromatic heterocycles. The number of hydrogen-bond donors (Lipinski definition) is 0. The second-order valence-corrected chi connectivity index (χ2v) is 11.9. The standard InChI is InChI=1S/C33H27BrFN3OS/c1-22-5-4-6-23(17-22)19-37-20-32(28-7-2-3-8-30(28)37)40-21-33(39)38-31(25-11-15-27(35)16-12-25)18-29(36-38)24-9-13-26(34)14-10-24/h2-17,20,31H,18-19,21H2,1H3. The summed E-state index contributed by atoms with van der Waals surface area (Å²) in [7, 11) is 0. The highest BCUT2D eigenvalue weighted by atomic mass is 79.9. The third-order valence-electron chi connectivity index (χ3n) is 7.14. The summed E-state index contributed by atoms with van der Waals surface area (Å²) < 4.78 is 16.9. The average molecular weight is 613 g/mol. The largest absolute Gasteiger partial charge is 0.342 e. The summed E-state index contributed by atoms with van der Waals surface area (Å²) in [6.07, 6.45) is 2.71. The molecule has 200 valence electrons. The predicted molar refractivity (Wildman–Crippen MR) is 164 cm³/mol. The summed E-state index contributed by atoms with van der Waals surface area (Å²) in [6.45, 7) is 2.86. The van der Waals surface area contributed by atoms with Crippen molar-refractivity contribution in [1.82, 2.24) is 9.58 Å². The van der Waals surface area contributed by atoms with Crippen LogP contribution in [-0.2, 0) is 11.3 Å². The molecule has 7 heteroatoms. The first-order chi connectivity index (χ1) is 19.4. The summed E-state index contributed by atoms with van der Waals surface area (Å²) in [5, 5.41) is 7.50. The second kappa shape index (κ2) is 11.4. The molecular weight excluding hydrogens is 585 g/mol. The molecule has 1 atom stereocenters. The fourth-order valence-corrected chi connectivity index (χ4v) is 6.38. The van der Waals surface area contributed by atoms with Crippen molar-refractivity contribution in [2.45, 2.75) is 30.8 Å². The molecule has 0 saturated heterocycles. The van der Waals surface area contributed by atoms with E-state index in [0.29, 0.717) is 6.42 Å². The number of para-hydroxylation sites is 1. The number of rotatable bonds is 7. The predicted octanol–water partition coefficient (Wildman–Crippen LogP) is 8.37. The van der Waals surface area contributed by atoms with Crippen molar-refractivity contribution in [2.75, 3.05) is 5.75 Å². The van der Waals surface area contributed by atoms with Crippen molar-refractivity contribution in [2.24, 2.45) is 5.10 Å². The van der Waals surface area contributed by atoms with Crippen LogP contribution in [-0.4, -0.2) is 26.9 Å². The Morgan fingerprint density at radius 3 is 2.55 bits per heavy atom. The maximum atomic E-state index is 13.7. The zero-order valence-electron chi connectivity index (χ0n) is 21.9. The molecule has 0 radical (unpaired) electrons. The zero-order valence-corrected chi connectivity index (χ0v) is 24.3. The van der Waals surface area contributed by atoms with Crippen LogP contribution in [0.4, 0.5) is 4.39 Å². The Morgan fingerprint density at radius 2 is 1.77 bits per heavy atom. The second-order valence-electron chi connectivity index (χ2n) is 9.98.